The standard InChI is InChI=1S/C50H63N19O28P4S/c1-21-10-66(50(75)64-45(21)72)33-5-22(71)28(90-33)12-85-98(76,77)95-24-7-35(67-18-58-38-41(52)54-16-55-42(38)67)91-29(24)13-87-100(80,81)96-25-8-36(68-20-60-40-43(68)56-17-57-47(40)102(2)84)92-30(25)14-88-101(82,83)97-26-9-37(69-19-59-39-44(69)62-48(53)63-46(39)73)93-31(26)15-86-99(78,79)94-23-6-34(89-27(23)11-70)65-4-3-32(51)61-49(65)74/h3-4,10,16-20,22-31,33-37,70-71H,5-9,11-15H2,1-2H3,(H,76,77)(H,78,79)(H,80,81)(H,82,83)(H2,51,61,74)(H2,52,54,55)(H,64,72,75)(H3,53,62,63,73)/t22-,23-,24-,25-,26-,27+,28+,29+,30+,31+,33+,34+,35+,36+,37+,102?/m0/s1. The highest BCUT2D eigenvalue weighted by atomic mass is 32.2. The molecule has 0 saturated carbocycles. The zero-order chi connectivity index (χ0) is 72.5. The van der Waals surface area contributed by atoms with Gasteiger partial charge >= 0.3 is 42.7 Å². The summed E-state index contributed by atoms with van der Waals surface area (Å²) < 4.78 is 149. The second-order valence-electron chi connectivity index (χ2n) is 23.5. The van der Waals surface area contributed by atoms with Crippen LogP contribution in [0.15, 0.2) is 74.3 Å². The average molecular weight is 1530 g/mol. The Bertz CT molecular complexity index is 4970. The number of aliphatic hydroxyl groups is 2. The summed E-state index contributed by atoms with van der Waals surface area (Å²) in [6.07, 6.45) is -13.2. The maximum Gasteiger partial charge on any atom is 0.472 e. The number of ether oxygens (including phenoxy) is 5. The first kappa shape index (κ1) is 73.0. The van der Waals surface area contributed by atoms with Crippen LogP contribution in [0.5, 0.6) is 0 Å². The van der Waals surface area contributed by atoms with E-state index in [-0.39, 0.29) is 80.9 Å². The summed E-state index contributed by atoms with van der Waals surface area (Å²) in [7, 11) is -23.2. The molecule has 13 rings (SSSR count). The van der Waals surface area contributed by atoms with E-state index in [1.807, 2.05) is 0 Å². The van der Waals surface area contributed by atoms with Crippen LogP contribution in [0.2, 0.25) is 0 Å². The zero-order valence-corrected chi connectivity index (χ0v) is 57.1. The van der Waals surface area contributed by atoms with Crippen molar-refractivity contribution in [3.05, 3.63) is 97.3 Å². The van der Waals surface area contributed by atoms with E-state index in [0.717, 1.165) is 28.1 Å². The minimum Gasteiger partial charge on any atom is -0.394 e. The van der Waals surface area contributed by atoms with Crippen molar-refractivity contribution in [3.63, 3.8) is 0 Å². The molecule has 0 spiro atoms. The van der Waals surface area contributed by atoms with Crippen LogP contribution in [0.1, 0.15) is 68.8 Å². The van der Waals surface area contributed by atoms with Crippen molar-refractivity contribution in [2.45, 2.75) is 136 Å². The van der Waals surface area contributed by atoms with E-state index in [9.17, 15) is 71.4 Å². The number of aryl methyl sites for hydroxylation is 1. The van der Waals surface area contributed by atoms with E-state index >= 15 is 0 Å². The monoisotopic (exact) mass is 1530 g/mol. The molecule has 0 aromatic carbocycles. The third-order valence-corrected chi connectivity index (χ3v) is 21.7. The minimum atomic E-state index is -5.51. The van der Waals surface area contributed by atoms with Crippen molar-refractivity contribution < 1.29 is 112 Å². The third-order valence-electron chi connectivity index (χ3n) is 16.8. The lowest BCUT2D eigenvalue weighted by Crippen LogP contribution is -2.33. The van der Waals surface area contributed by atoms with E-state index in [0.29, 0.717) is 0 Å². The smallest absolute Gasteiger partial charge is 0.394 e. The summed E-state index contributed by atoms with van der Waals surface area (Å²) in [6, 6.07) is 1.29. The van der Waals surface area contributed by atoms with Gasteiger partial charge in [-0.25, -0.2) is 62.7 Å². The fourth-order valence-corrected chi connectivity index (χ4v) is 16.4. The molecule has 5 unspecified atom stereocenters. The number of nitrogens with two attached hydrogens (primary N) is 3. The van der Waals surface area contributed by atoms with Gasteiger partial charge in [0.05, 0.1) is 68.9 Å². The first-order valence-electron chi connectivity index (χ1n) is 30.4. The Balaban J connectivity index is 0.719. The Hall–Kier alpha value is -7.28. The Morgan fingerprint density at radius 1 is 0.549 bits per heavy atom. The van der Waals surface area contributed by atoms with Crippen molar-refractivity contribution in [1.29, 1.82) is 0 Å². The molecule has 102 heavy (non-hydrogen) atoms. The Morgan fingerprint density at radius 3 is 1.51 bits per heavy atom. The lowest BCUT2D eigenvalue weighted by Gasteiger charge is -2.25. The van der Waals surface area contributed by atoms with Crippen molar-refractivity contribution >= 4 is 93.2 Å². The van der Waals surface area contributed by atoms with Crippen LogP contribution in [-0.4, -0.2) is 212 Å². The van der Waals surface area contributed by atoms with Crippen LogP contribution < -0.4 is 39.7 Å². The number of aromatic nitrogens is 16. The zero-order valence-electron chi connectivity index (χ0n) is 52.7. The lowest BCUT2D eigenvalue weighted by atomic mass is 10.2. The average Bonchev–Trinajstić information content (AvgIpc) is 1.66. The highest BCUT2D eigenvalue weighted by Gasteiger charge is 2.50. The maximum absolute atomic E-state index is 14.4. The molecule has 5 aliphatic heterocycles. The van der Waals surface area contributed by atoms with Gasteiger partial charge in [-0.05, 0) is 13.0 Å². The molecule has 0 amide bonds. The largest absolute Gasteiger partial charge is 0.472 e. The van der Waals surface area contributed by atoms with Crippen molar-refractivity contribution in [2.75, 3.05) is 56.5 Å². The van der Waals surface area contributed by atoms with Crippen molar-refractivity contribution in [3.8, 4) is 0 Å². The first-order valence-corrected chi connectivity index (χ1v) is 37.9. The Labute approximate surface area is 571 Å². The lowest BCUT2D eigenvalue weighted by molar-refractivity contribution is -0.0635. The number of hydrogen-bond donors (Lipinski definition) is 11. The number of nitrogen functional groups attached to an aromatic ring is 3. The molecule has 13 heterocycles. The van der Waals surface area contributed by atoms with Crippen LogP contribution in [0, 0.1) is 6.92 Å². The minimum absolute atomic E-state index is 0.0228. The van der Waals surface area contributed by atoms with Crippen LogP contribution >= 0.6 is 31.3 Å². The second-order valence-corrected chi connectivity index (χ2v) is 30.5. The normalized spacial score (nSPS) is 29.5. The van der Waals surface area contributed by atoms with Crippen LogP contribution in [0.4, 0.5) is 17.6 Å². The number of rotatable bonds is 27. The number of H-pyrrole nitrogens is 2. The number of phosphoric acid groups is 4. The van der Waals surface area contributed by atoms with Gasteiger partial charge in [0.25, 0.3) is 11.1 Å². The van der Waals surface area contributed by atoms with E-state index in [1.54, 1.807) is 0 Å². The molecule has 20 atom stereocenters. The van der Waals surface area contributed by atoms with E-state index in [4.69, 9.17) is 77.1 Å². The molecular weight excluding hydrogens is 1470 g/mol. The number of aromatic amines is 2. The predicted molar refractivity (Wildman–Crippen MR) is 337 cm³/mol. The molecule has 8 aromatic heterocycles. The van der Waals surface area contributed by atoms with Gasteiger partial charge in [0, 0.05) is 56.3 Å². The number of imidazole rings is 3. The summed E-state index contributed by atoms with van der Waals surface area (Å²) in [5.41, 5.74) is 14.6. The van der Waals surface area contributed by atoms with E-state index in [2.05, 4.69) is 54.8 Å². The number of fused-ring (bicyclic) bond motifs is 3. The Kier molecular flexibility index (Phi) is 20.8. The van der Waals surface area contributed by atoms with Crippen LogP contribution in [-0.2, 0) is 88.9 Å². The molecule has 8 aromatic rings. The first-order chi connectivity index (χ1) is 48.4. The highest BCUT2D eigenvalue weighted by molar-refractivity contribution is 7.84. The number of nitrogens with one attached hydrogen (secondary N) is 2. The van der Waals surface area contributed by atoms with Gasteiger partial charge in [-0.2, -0.15) is 9.97 Å². The third kappa shape index (κ3) is 15.7. The fourth-order valence-electron chi connectivity index (χ4n) is 12.0. The molecule has 552 valence electrons. The van der Waals surface area contributed by atoms with E-state index in [1.165, 1.54) is 58.0 Å². The SMILES string of the molecule is Cc1cn([C@H]2C[C@H](O)[C@@H](COP(=O)(O)O[C@H]3C[C@H](n4cnc5c(N)ncnc54)O[C@@H]3COP(=O)(O)O[C@H]3C[C@H](n4cnc5c(S(C)=O)ncnc54)O[C@@H]3COP(=O)(O)O[C@H]3C[C@H](n4cnc5c(=O)[nH]c(N)nc54)O[C@@H]3COP(=O)(O)O[C@H]3C[C@H](n4ccc(N)nc4=O)O[C@@H]3CO)O2)c(=O)[nH]c1=O. The fraction of sp³-hybridized carbons (Fsp3) is 0.540. The summed E-state index contributed by atoms with van der Waals surface area (Å²) >= 11 is 0. The van der Waals surface area contributed by atoms with Crippen LogP contribution in [0.25, 0.3) is 33.5 Å². The molecule has 0 aliphatic carbocycles. The van der Waals surface area contributed by atoms with Crippen molar-refractivity contribution in [1.82, 2.24) is 77.7 Å². The molecule has 5 fully saturated rings. The summed E-state index contributed by atoms with van der Waals surface area (Å²) in [4.78, 5) is 137. The molecule has 5 saturated heterocycles. The molecular formula is C50H63N19O28P4S. The van der Waals surface area contributed by atoms with Crippen LogP contribution in [0.3, 0.4) is 0 Å². The molecule has 5 aliphatic rings. The molecule has 14 N–H and O–H groups in total. The molecule has 47 nitrogen and oxygen atoms in total. The van der Waals surface area contributed by atoms with Gasteiger partial charge in [0.1, 0.15) is 116 Å². The van der Waals surface area contributed by atoms with Gasteiger partial charge in [-0.1, -0.05) is 0 Å². The van der Waals surface area contributed by atoms with Crippen molar-refractivity contribution in [2.24, 2.45) is 0 Å². The molecule has 0 bridgehead atoms. The number of phosphoric ester groups is 4. The van der Waals surface area contributed by atoms with Gasteiger partial charge < -0.3 is 70.7 Å². The molecule has 0 radical (unpaired) electrons. The number of aliphatic hydroxyl groups excluding tert-OH is 2. The summed E-state index contributed by atoms with van der Waals surface area (Å²) in [5.74, 6) is -0.460. The Morgan fingerprint density at radius 2 is 0.990 bits per heavy atom. The van der Waals surface area contributed by atoms with E-state index < -0.39 is 203 Å². The van der Waals surface area contributed by atoms with Gasteiger partial charge in [0.15, 0.2) is 33.3 Å². The number of anilines is 3. The quantitative estimate of drug-likeness (QED) is 0.0200. The van der Waals surface area contributed by atoms with Gasteiger partial charge in [0.2, 0.25) is 5.95 Å². The predicted octanol–water partition coefficient (Wildman–Crippen LogP) is -1.80. The molecule has 52 heteroatoms. The van der Waals surface area contributed by atoms with Gasteiger partial charge in [-0.15, -0.1) is 0 Å². The van der Waals surface area contributed by atoms with Gasteiger partial charge in [-0.3, -0.25) is 82.8 Å². The topological polar surface area (TPSA) is 645 Å². The number of hydrogen-bond acceptors (Lipinski definition) is 36. The highest BCUT2D eigenvalue weighted by Crippen LogP contribution is 2.55. The second kappa shape index (κ2) is 29.0. The number of nitrogens with zero attached hydrogens (tertiary/aromatic N) is 14. The summed E-state index contributed by atoms with van der Waals surface area (Å²) in [6.45, 7) is -3.07. The maximum atomic E-state index is 14.4. The summed E-state index contributed by atoms with van der Waals surface area (Å²) in [5, 5.41) is 21.0.